The van der Waals surface area contributed by atoms with Crippen LogP contribution in [0.5, 0.6) is 5.75 Å². The summed E-state index contributed by atoms with van der Waals surface area (Å²) >= 11 is 1.78. The first-order valence-electron chi connectivity index (χ1n) is 4.71. The fourth-order valence-electron chi connectivity index (χ4n) is 1.35. The van der Waals surface area contributed by atoms with Crippen LogP contribution in [0.2, 0.25) is 0 Å². The largest absolute Gasteiger partial charge is 0.768 e. The van der Waals surface area contributed by atoms with Gasteiger partial charge in [-0.15, -0.1) is 0 Å². The molecule has 1 aromatic rings. The van der Waals surface area contributed by atoms with E-state index in [0.717, 1.165) is 5.56 Å². The molecule has 0 aromatic heterocycles. The Labute approximate surface area is 103 Å². The van der Waals surface area contributed by atoms with E-state index in [-0.39, 0.29) is 10.9 Å². The molecule has 2 N–H and O–H groups in total. The minimum Gasteiger partial charge on any atom is -0.768 e. The van der Waals surface area contributed by atoms with Gasteiger partial charge in [0.15, 0.2) is 0 Å². The van der Waals surface area contributed by atoms with E-state index in [0.29, 0.717) is 17.9 Å². The predicted octanol–water partition coefficient (Wildman–Crippen LogP) is 0.733. The number of benzene rings is 1. The number of methoxy groups -OCH3 is 1. The highest BCUT2D eigenvalue weighted by Gasteiger charge is 2.07. The van der Waals surface area contributed by atoms with Crippen molar-refractivity contribution >= 4 is 23.7 Å². The molecule has 16 heavy (non-hydrogen) atoms. The third-order valence-corrected chi connectivity index (χ3v) is 3.29. The summed E-state index contributed by atoms with van der Waals surface area (Å²) in [5, 5.41) is 0. The van der Waals surface area contributed by atoms with Gasteiger partial charge in [-0.05, 0) is 35.2 Å². The topological polar surface area (TPSA) is 75.4 Å². The van der Waals surface area contributed by atoms with E-state index in [2.05, 4.69) is 12.6 Å². The van der Waals surface area contributed by atoms with Gasteiger partial charge in [0, 0.05) is 11.8 Å². The second-order valence-corrected chi connectivity index (χ2v) is 4.64. The molecule has 0 aliphatic rings. The maximum absolute atomic E-state index is 11.0. The molecule has 0 saturated heterocycles. The van der Waals surface area contributed by atoms with Crippen LogP contribution in [-0.4, -0.2) is 27.7 Å². The maximum Gasteiger partial charge on any atom is 0.133 e. The van der Waals surface area contributed by atoms with Crippen LogP contribution in [0.15, 0.2) is 23.1 Å². The van der Waals surface area contributed by atoms with Crippen molar-refractivity contribution in [2.75, 3.05) is 12.9 Å². The lowest BCUT2D eigenvalue weighted by Crippen LogP contribution is -2.24. The van der Waals surface area contributed by atoms with Crippen LogP contribution in [0.1, 0.15) is 5.56 Å². The summed E-state index contributed by atoms with van der Waals surface area (Å²) in [4.78, 5) is 0.159. The lowest BCUT2D eigenvalue weighted by Gasteiger charge is -2.14. The van der Waals surface area contributed by atoms with Gasteiger partial charge in [-0.25, -0.2) is 0 Å². The Morgan fingerprint density at radius 2 is 2.31 bits per heavy atom. The third kappa shape index (κ3) is 3.48. The van der Waals surface area contributed by atoms with Gasteiger partial charge in [-0.3, -0.25) is 4.21 Å². The normalized spacial score (nSPS) is 14.5. The first-order valence-corrected chi connectivity index (χ1v) is 6.41. The summed E-state index contributed by atoms with van der Waals surface area (Å²) in [6.07, 6.45) is 0.595. The van der Waals surface area contributed by atoms with Crippen LogP contribution in [0.3, 0.4) is 0 Å². The summed E-state index contributed by atoms with van der Waals surface area (Å²) in [7, 11) is 1.44. The van der Waals surface area contributed by atoms with E-state index in [1.54, 1.807) is 18.2 Å². The number of nitrogens with two attached hydrogens (primary N) is 1. The average Bonchev–Trinajstić information content (AvgIpc) is 2.28. The van der Waals surface area contributed by atoms with Gasteiger partial charge in [0.2, 0.25) is 0 Å². The zero-order valence-electron chi connectivity index (χ0n) is 8.88. The lowest BCUT2D eigenvalue weighted by molar-refractivity contribution is 0.401. The van der Waals surface area contributed by atoms with Gasteiger partial charge in [0.1, 0.15) is 5.75 Å². The van der Waals surface area contributed by atoms with Crippen molar-refractivity contribution in [2.45, 2.75) is 17.4 Å². The van der Waals surface area contributed by atoms with Crippen molar-refractivity contribution in [2.24, 2.45) is 5.73 Å². The fourth-order valence-corrected chi connectivity index (χ4v) is 2.04. The van der Waals surface area contributed by atoms with Crippen molar-refractivity contribution in [3.63, 3.8) is 0 Å². The van der Waals surface area contributed by atoms with E-state index >= 15 is 0 Å². The maximum atomic E-state index is 11.0. The molecule has 0 aliphatic carbocycles. The molecule has 0 heterocycles. The van der Waals surface area contributed by atoms with Gasteiger partial charge in [0.05, 0.1) is 12.0 Å². The molecule has 0 bridgehead atoms. The van der Waals surface area contributed by atoms with Crippen molar-refractivity contribution in [1.82, 2.24) is 0 Å². The fraction of sp³-hybridized carbons (Fsp3) is 0.400. The van der Waals surface area contributed by atoms with Gasteiger partial charge >= 0.3 is 0 Å². The Hall–Kier alpha value is -0.560. The summed E-state index contributed by atoms with van der Waals surface area (Å²) < 4.78 is 26.9. The molecule has 0 saturated carbocycles. The highest BCUT2D eigenvalue weighted by molar-refractivity contribution is 7.80. The number of hydrogen-bond donors (Lipinski definition) is 2. The van der Waals surface area contributed by atoms with E-state index in [4.69, 9.17) is 10.5 Å². The van der Waals surface area contributed by atoms with Crippen molar-refractivity contribution < 1.29 is 13.5 Å². The molecule has 1 unspecified atom stereocenters. The molecule has 0 amide bonds. The summed E-state index contributed by atoms with van der Waals surface area (Å²) in [5.41, 5.74) is 6.60. The Morgan fingerprint density at radius 1 is 1.62 bits per heavy atom. The van der Waals surface area contributed by atoms with Crippen LogP contribution in [-0.2, 0) is 17.5 Å². The first-order chi connectivity index (χ1) is 7.58. The molecule has 90 valence electrons. The minimum absolute atomic E-state index is 0.0790. The summed E-state index contributed by atoms with van der Waals surface area (Å²) in [6.45, 7) is 0. The number of thiol groups is 1. The molecule has 0 spiro atoms. The Morgan fingerprint density at radius 3 is 2.81 bits per heavy atom. The van der Waals surface area contributed by atoms with E-state index < -0.39 is 11.1 Å². The molecule has 1 aromatic carbocycles. The third-order valence-electron chi connectivity index (χ3n) is 2.14. The van der Waals surface area contributed by atoms with Crippen molar-refractivity contribution in [3.8, 4) is 5.75 Å². The van der Waals surface area contributed by atoms with E-state index in [1.807, 2.05) is 0 Å². The Balaban J connectivity index is 2.97. The van der Waals surface area contributed by atoms with Crippen molar-refractivity contribution in [1.29, 1.82) is 0 Å². The molecular formula is C10H14NO3S2-. The SMILES string of the molecule is COc1ccc(C[C@H](N)CS)cc1S(=O)[O-]. The molecular weight excluding hydrogens is 246 g/mol. The summed E-state index contributed by atoms with van der Waals surface area (Å²) in [5.74, 6) is 0.901. The average molecular weight is 260 g/mol. The quantitative estimate of drug-likeness (QED) is 0.604. The Bertz CT molecular complexity index is 384. The smallest absolute Gasteiger partial charge is 0.133 e. The molecule has 0 radical (unpaired) electrons. The predicted molar refractivity (Wildman–Crippen MR) is 65.7 cm³/mol. The highest BCUT2D eigenvalue weighted by atomic mass is 32.2. The standard InChI is InChI=1S/C10H15NO3S2/c1-14-9-3-2-7(4-8(11)6-15)5-10(9)16(12)13/h2-3,5,8,15H,4,6,11H2,1H3,(H,12,13)/p-1/t8-/m0/s1. The molecule has 0 aliphatic heterocycles. The van der Waals surface area contributed by atoms with E-state index in [9.17, 15) is 8.76 Å². The number of ether oxygens (including phenoxy) is 1. The van der Waals surface area contributed by atoms with Crippen LogP contribution in [0.25, 0.3) is 0 Å². The first kappa shape index (κ1) is 13.5. The summed E-state index contributed by atoms with van der Waals surface area (Å²) in [6, 6.07) is 4.93. The van der Waals surface area contributed by atoms with E-state index in [1.165, 1.54) is 7.11 Å². The van der Waals surface area contributed by atoms with Gasteiger partial charge in [0.25, 0.3) is 0 Å². The number of hydrogen-bond acceptors (Lipinski definition) is 5. The lowest BCUT2D eigenvalue weighted by atomic mass is 10.1. The van der Waals surface area contributed by atoms with Gasteiger partial charge in [-0.1, -0.05) is 6.07 Å². The molecule has 4 nitrogen and oxygen atoms in total. The molecule has 6 heteroatoms. The van der Waals surface area contributed by atoms with Crippen LogP contribution >= 0.6 is 12.6 Å². The second kappa shape index (κ2) is 6.24. The van der Waals surface area contributed by atoms with Crippen LogP contribution in [0, 0.1) is 0 Å². The second-order valence-electron chi connectivity index (χ2n) is 3.37. The molecule has 0 fully saturated rings. The van der Waals surface area contributed by atoms with Gasteiger partial charge in [-0.2, -0.15) is 12.6 Å². The Kier molecular flexibility index (Phi) is 5.27. The zero-order valence-corrected chi connectivity index (χ0v) is 10.6. The molecule has 2 atom stereocenters. The number of rotatable bonds is 5. The highest BCUT2D eigenvalue weighted by Crippen LogP contribution is 2.23. The van der Waals surface area contributed by atoms with Gasteiger partial charge < -0.3 is 15.0 Å². The zero-order chi connectivity index (χ0) is 12.1. The van der Waals surface area contributed by atoms with Crippen LogP contribution < -0.4 is 10.5 Å². The van der Waals surface area contributed by atoms with Crippen LogP contribution in [0.4, 0.5) is 0 Å². The molecule has 1 rings (SSSR count). The minimum atomic E-state index is -2.30. The van der Waals surface area contributed by atoms with Crippen molar-refractivity contribution in [3.05, 3.63) is 23.8 Å². The monoisotopic (exact) mass is 260 g/mol.